The van der Waals surface area contributed by atoms with Gasteiger partial charge in [-0.3, -0.25) is 4.79 Å². The molecule has 0 bridgehead atoms. The molecule has 0 spiro atoms. The first-order valence-electron chi connectivity index (χ1n) is 6.37. The van der Waals surface area contributed by atoms with Crippen LogP contribution in [0.5, 0.6) is 11.5 Å². The van der Waals surface area contributed by atoms with Gasteiger partial charge >= 0.3 is 5.97 Å². The van der Waals surface area contributed by atoms with Gasteiger partial charge in [-0.1, -0.05) is 32.4 Å². The van der Waals surface area contributed by atoms with Crippen LogP contribution in [0.3, 0.4) is 0 Å². The van der Waals surface area contributed by atoms with E-state index in [2.05, 4.69) is 0 Å². The molecule has 0 fully saturated rings. The molecule has 1 rings (SSSR count). The highest BCUT2D eigenvalue weighted by Gasteiger charge is 2.25. The number of para-hydroxylation sites is 1. The average Bonchev–Trinajstić information content (AvgIpc) is 2.38. The highest BCUT2D eigenvalue weighted by molar-refractivity contribution is 5.73. The third-order valence-electron chi connectivity index (χ3n) is 3.64. The quantitative estimate of drug-likeness (QED) is 0.590. The fraction of sp³-hybridized carbons (Fsp3) is 0.500. The molecule has 0 amide bonds. The first-order valence-corrected chi connectivity index (χ1v) is 6.37. The normalized spacial score (nSPS) is 15.7. The second-order valence-electron chi connectivity index (χ2n) is 4.85. The van der Waals surface area contributed by atoms with Gasteiger partial charge in [-0.15, -0.1) is 0 Å². The summed E-state index contributed by atoms with van der Waals surface area (Å²) in [6.07, 6.45) is 1.08. The van der Waals surface area contributed by atoms with E-state index in [1.54, 1.807) is 12.1 Å². The molecule has 19 heavy (non-hydrogen) atoms. The molecular weight excluding hydrogens is 246 g/mol. The smallest absolute Gasteiger partial charge is 0.320 e. The van der Waals surface area contributed by atoms with E-state index in [9.17, 15) is 15.0 Å². The molecule has 3 unspecified atom stereocenters. The molecule has 0 saturated heterocycles. The largest absolute Gasteiger partial charge is 0.504 e. The van der Waals surface area contributed by atoms with Gasteiger partial charge in [0.15, 0.2) is 11.5 Å². The minimum Gasteiger partial charge on any atom is -0.504 e. The minimum absolute atomic E-state index is 0.0267. The van der Waals surface area contributed by atoms with Crippen molar-refractivity contribution >= 4 is 5.97 Å². The Kier molecular flexibility index (Phi) is 5.18. The Labute approximate surface area is 112 Å². The van der Waals surface area contributed by atoms with E-state index in [4.69, 9.17) is 10.8 Å². The summed E-state index contributed by atoms with van der Waals surface area (Å²) in [5.74, 6) is -1.38. The van der Waals surface area contributed by atoms with Gasteiger partial charge in [0.25, 0.3) is 0 Å². The summed E-state index contributed by atoms with van der Waals surface area (Å²) in [6.45, 7) is 3.85. The Morgan fingerprint density at radius 2 is 2.00 bits per heavy atom. The first-order chi connectivity index (χ1) is 8.88. The molecule has 1 aromatic rings. The number of benzene rings is 1. The molecular formula is C14H21NO4. The first kappa shape index (κ1) is 15.3. The molecule has 0 saturated carbocycles. The number of carboxylic acid groups (broad SMARTS) is 1. The summed E-state index contributed by atoms with van der Waals surface area (Å²) in [5, 5.41) is 28.2. The predicted octanol–water partition coefficient (Wildman–Crippen LogP) is 2.03. The fourth-order valence-electron chi connectivity index (χ4n) is 2.32. The van der Waals surface area contributed by atoms with Crippen molar-refractivity contribution in [2.24, 2.45) is 11.7 Å². The Morgan fingerprint density at radius 1 is 1.37 bits per heavy atom. The molecule has 5 heteroatoms. The lowest BCUT2D eigenvalue weighted by molar-refractivity contribution is -0.139. The molecule has 5 nitrogen and oxygen atoms in total. The highest BCUT2D eigenvalue weighted by atomic mass is 16.4. The van der Waals surface area contributed by atoms with E-state index in [1.165, 1.54) is 6.07 Å². The summed E-state index contributed by atoms with van der Waals surface area (Å²) >= 11 is 0. The minimum atomic E-state index is -1.02. The van der Waals surface area contributed by atoms with Gasteiger partial charge in [0.05, 0.1) is 0 Å². The van der Waals surface area contributed by atoms with Crippen molar-refractivity contribution in [3.63, 3.8) is 0 Å². The third kappa shape index (κ3) is 3.61. The molecule has 0 aliphatic carbocycles. The Hall–Kier alpha value is -1.75. The van der Waals surface area contributed by atoms with E-state index in [-0.39, 0.29) is 23.3 Å². The molecule has 0 heterocycles. The zero-order valence-corrected chi connectivity index (χ0v) is 11.2. The monoisotopic (exact) mass is 267 g/mol. The van der Waals surface area contributed by atoms with Gasteiger partial charge in [0, 0.05) is 5.56 Å². The van der Waals surface area contributed by atoms with Gasteiger partial charge in [0.2, 0.25) is 0 Å². The van der Waals surface area contributed by atoms with Crippen molar-refractivity contribution in [1.29, 1.82) is 0 Å². The standard InChI is InChI=1S/C14H21NO4/c1-3-9(7-11(15)14(18)19)8(2)10-5-4-6-12(16)13(10)17/h4-6,8-9,11,16-17H,3,7,15H2,1-2H3,(H,18,19). The van der Waals surface area contributed by atoms with Crippen molar-refractivity contribution in [2.75, 3.05) is 0 Å². The van der Waals surface area contributed by atoms with Crippen LogP contribution in [0.15, 0.2) is 18.2 Å². The number of aromatic hydroxyl groups is 2. The summed E-state index contributed by atoms with van der Waals surface area (Å²) in [5.41, 5.74) is 6.18. The van der Waals surface area contributed by atoms with Crippen molar-refractivity contribution < 1.29 is 20.1 Å². The number of carboxylic acids is 1. The van der Waals surface area contributed by atoms with Crippen molar-refractivity contribution in [3.05, 3.63) is 23.8 Å². The Morgan fingerprint density at radius 3 is 2.53 bits per heavy atom. The summed E-state index contributed by atoms with van der Waals surface area (Å²) in [7, 11) is 0. The second kappa shape index (κ2) is 6.43. The van der Waals surface area contributed by atoms with Crippen LogP contribution in [0, 0.1) is 5.92 Å². The van der Waals surface area contributed by atoms with Crippen LogP contribution in [0.1, 0.15) is 38.2 Å². The Bertz CT molecular complexity index is 447. The SMILES string of the molecule is CCC(CC(N)C(=O)O)C(C)c1cccc(O)c1O. The molecule has 5 N–H and O–H groups in total. The number of nitrogens with two attached hydrogens (primary N) is 1. The van der Waals surface area contributed by atoms with Crippen molar-refractivity contribution in [3.8, 4) is 11.5 Å². The maximum absolute atomic E-state index is 10.8. The summed E-state index contributed by atoms with van der Waals surface area (Å²) in [6, 6.07) is 3.89. The van der Waals surface area contributed by atoms with Gasteiger partial charge in [-0.2, -0.15) is 0 Å². The van der Waals surface area contributed by atoms with E-state index >= 15 is 0 Å². The van der Waals surface area contributed by atoms with E-state index in [1.807, 2.05) is 13.8 Å². The van der Waals surface area contributed by atoms with Crippen LogP contribution >= 0.6 is 0 Å². The number of hydrogen-bond donors (Lipinski definition) is 4. The molecule has 0 radical (unpaired) electrons. The number of phenols is 2. The van der Waals surface area contributed by atoms with Crippen LogP contribution in [0.4, 0.5) is 0 Å². The maximum atomic E-state index is 10.8. The molecule has 0 aliphatic rings. The zero-order valence-electron chi connectivity index (χ0n) is 11.2. The van der Waals surface area contributed by atoms with Crippen LogP contribution in [-0.2, 0) is 4.79 Å². The number of hydrogen-bond acceptors (Lipinski definition) is 4. The lowest BCUT2D eigenvalue weighted by Gasteiger charge is -2.25. The maximum Gasteiger partial charge on any atom is 0.320 e. The van der Waals surface area contributed by atoms with Crippen molar-refractivity contribution in [2.45, 2.75) is 38.6 Å². The molecule has 0 aliphatic heterocycles. The molecule has 0 aromatic heterocycles. The van der Waals surface area contributed by atoms with Gasteiger partial charge in [-0.05, 0) is 24.3 Å². The van der Waals surface area contributed by atoms with Gasteiger partial charge < -0.3 is 21.1 Å². The van der Waals surface area contributed by atoms with Crippen LogP contribution < -0.4 is 5.73 Å². The topological polar surface area (TPSA) is 104 Å². The number of aliphatic carboxylic acids is 1. The summed E-state index contributed by atoms with van der Waals surface area (Å²) < 4.78 is 0. The van der Waals surface area contributed by atoms with E-state index in [0.29, 0.717) is 12.0 Å². The van der Waals surface area contributed by atoms with Gasteiger partial charge in [0.1, 0.15) is 6.04 Å². The lowest BCUT2D eigenvalue weighted by Crippen LogP contribution is -2.33. The number of phenolic OH excluding ortho intramolecular Hbond substituents is 2. The van der Waals surface area contributed by atoms with Crippen LogP contribution in [-0.4, -0.2) is 27.3 Å². The lowest BCUT2D eigenvalue weighted by atomic mass is 9.81. The number of rotatable bonds is 6. The predicted molar refractivity (Wildman–Crippen MR) is 72.2 cm³/mol. The third-order valence-corrected chi connectivity index (χ3v) is 3.64. The zero-order chi connectivity index (χ0) is 14.6. The Balaban J connectivity index is 2.92. The van der Waals surface area contributed by atoms with Crippen LogP contribution in [0.25, 0.3) is 0 Å². The molecule has 106 valence electrons. The van der Waals surface area contributed by atoms with E-state index in [0.717, 1.165) is 6.42 Å². The summed E-state index contributed by atoms with van der Waals surface area (Å²) in [4.78, 5) is 10.8. The highest BCUT2D eigenvalue weighted by Crippen LogP contribution is 2.38. The molecule has 3 atom stereocenters. The average molecular weight is 267 g/mol. The van der Waals surface area contributed by atoms with Gasteiger partial charge in [-0.25, -0.2) is 0 Å². The fourth-order valence-corrected chi connectivity index (χ4v) is 2.32. The number of carbonyl (C=O) groups is 1. The van der Waals surface area contributed by atoms with E-state index < -0.39 is 12.0 Å². The van der Waals surface area contributed by atoms with Crippen LogP contribution in [0.2, 0.25) is 0 Å². The second-order valence-corrected chi connectivity index (χ2v) is 4.85. The molecule has 1 aromatic carbocycles. The van der Waals surface area contributed by atoms with Crippen molar-refractivity contribution in [1.82, 2.24) is 0 Å².